The van der Waals surface area contributed by atoms with E-state index in [1.165, 1.54) is 0 Å². The SMILES string of the molecule is C#Cc1ccc(NCC)cc1OC. The summed E-state index contributed by atoms with van der Waals surface area (Å²) in [5, 5.41) is 3.18. The van der Waals surface area contributed by atoms with Gasteiger partial charge in [0.1, 0.15) is 5.75 Å². The number of hydrogen-bond donors (Lipinski definition) is 1. The van der Waals surface area contributed by atoms with Gasteiger partial charge in [-0.25, -0.2) is 0 Å². The Kier molecular flexibility index (Phi) is 3.22. The molecule has 0 fully saturated rings. The number of hydrogen-bond acceptors (Lipinski definition) is 2. The van der Waals surface area contributed by atoms with Gasteiger partial charge in [0.25, 0.3) is 0 Å². The molecule has 0 spiro atoms. The van der Waals surface area contributed by atoms with Gasteiger partial charge in [0.2, 0.25) is 0 Å². The lowest BCUT2D eigenvalue weighted by molar-refractivity contribution is 0.414. The third kappa shape index (κ3) is 2.16. The van der Waals surface area contributed by atoms with Gasteiger partial charge in [-0.3, -0.25) is 0 Å². The zero-order valence-electron chi connectivity index (χ0n) is 7.92. The van der Waals surface area contributed by atoms with E-state index in [0.29, 0.717) is 0 Å². The molecule has 13 heavy (non-hydrogen) atoms. The molecule has 0 amide bonds. The van der Waals surface area contributed by atoms with Crippen molar-refractivity contribution in [2.45, 2.75) is 6.92 Å². The normalized spacial score (nSPS) is 9.00. The monoisotopic (exact) mass is 175 g/mol. The molecule has 1 aromatic carbocycles. The summed E-state index contributed by atoms with van der Waals surface area (Å²) in [5.41, 5.74) is 1.81. The van der Waals surface area contributed by atoms with Crippen LogP contribution in [0.15, 0.2) is 18.2 Å². The zero-order valence-corrected chi connectivity index (χ0v) is 7.92. The molecule has 0 aliphatic carbocycles. The van der Waals surface area contributed by atoms with Gasteiger partial charge in [0.15, 0.2) is 0 Å². The Hall–Kier alpha value is -1.62. The molecule has 1 N–H and O–H groups in total. The molecule has 68 valence electrons. The maximum absolute atomic E-state index is 5.30. The maximum atomic E-state index is 5.30. The van der Waals surface area contributed by atoms with Crippen LogP contribution in [0.1, 0.15) is 12.5 Å². The molecule has 0 aliphatic heterocycles. The quantitative estimate of drug-likeness (QED) is 0.710. The highest BCUT2D eigenvalue weighted by Gasteiger charge is 2.00. The fourth-order valence-corrected chi connectivity index (χ4v) is 1.12. The van der Waals surface area contributed by atoms with Crippen LogP contribution in [0.3, 0.4) is 0 Å². The molecule has 0 saturated carbocycles. The minimum Gasteiger partial charge on any atom is -0.495 e. The molecule has 0 saturated heterocycles. The molecule has 2 nitrogen and oxygen atoms in total. The number of terminal acetylenes is 1. The highest BCUT2D eigenvalue weighted by Crippen LogP contribution is 2.21. The number of methoxy groups -OCH3 is 1. The number of ether oxygens (including phenoxy) is 1. The van der Waals surface area contributed by atoms with Crippen LogP contribution in [0.5, 0.6) is 5.75 Å². The van der Waals surface area contributed by atoms with Crippen LogP contribution in [0.4, 0.5) is 5.69 Å². The van der Waals surface area contributed by atoms with Crippen LogP contribution >= 0.6 is 0 Å². The van der Waals surface area contributed by atoms with Gasteiger partial charge in [-0.15, -0.1) is 6.42 Å². The molecular weight excluding hydrogens is 162 g/mol. The fraction of sp³-hybridized carbons (Fsp3) is 0.273. The summed E-state index contributed by atoms with van der Waals surface area (Å²) in [7, 11) is 1.62. The Bertz CT molecular complexity index is 325. The Morgan fingerprint density at radius 2 is 2.31 bits per heavy atom. The number of benzene rings is 1. The lowest BCUT2D eigenvalue weighted by atomic mass is 10.2. The van der Waals surface area contributed by atoms with E-state index in [9.17, 15) is 0 Å². The average Bonchev–Trinajstić information content (AvgIpc) is 2.18. The van der Waals surface area contributed by atoms with E-state index < -0.39 is 0 Å². The standard InChI is InChI=1S/C11H13NO/c1-4-9-6-7-10(12-5-2)8-11(9)13-3/h1,6-8,12H,5H2,2-3H3. The summed E-state index contributed by atoms with van der Waals surface area (Å²) in [6, 6.07) is 5.72. The van der Waals surface area contributed by atoms with Crippen molar-refractivity contribution in [1.29, 1.82) is 0 Å². The molecule has 0 unspecified atom stereocenters. The molecule has 0 aromatic heterocycles. The minimum absolute atomic E-state index is 0.737. The number of nitrogens with one attached hydrogen (secondary N) is 1. The van der Waals surface area contributed by atoms with Crippen LogP contribution in [0.25, 0.3) is 0 Å². The molecule has 1 aromatic rings. The van der Waals surface area contributed by atoms with Crippen molar-refractivity contribution >= 4 is 5.69 Å². The van der Waals surface area contributed by atoms with Gasteiger partial charge in [0, 0.05) is 18.3 Å². The van der Waals surface area contributed by atoms with E-state index in [2.05, 4.69) is 11.2 Å². The topological polar surface area (TPSA) is 21.3 Å². The van der Waals surface area contributed by atoms with Gasteiger partial charge >= 0.3 is 0 Å². The van der Waals surface area contributed by atoms with Gasteiger partial charge in [-0.2, -0.15) is 0 Å². The first-order chi connectivity index (χ1) is 6.31. The van der Waals surface area contributed by atoms with Crippen molar-refractivity contribution in [2.24, 2.45) is 0 Å². The summed E-state index contributed by atoms with van der Waals surface area (Å²) in [4.78, 5) is 0. The summed E-state index contributed by atoms with van der Waals surface area (Å²) < 4.78 is 5.14. The minimum atomic E-state index is 0.737. The maximum Gasteiger partial charge on any atom is 0.136 e. The molecule has 0 aliphatic rings. The Morgan fingerprint density at radius 1 is 1.54 bits per heavy atom. The van der Waals surface area contributed by atoms with Crippen LogP contribution in [-0.4, -0.2) is 13.7 Å². The molecule has 0 radical (unpaired) electrons. The van der Waals surface area contributed by atoms with Crippen molar-refractivity contribution in [2.75, 3.05) is 19.0 Å². The Balaban J connectivity index is 3.00. The lowest BCUT2D eigenvalue weighted by Gasteiger charge is -2.07. The van der Waals surface area contributed by atoms with E-state index >= 15 is 0 Å². The fourth-order valence-electron chi connectivity index (χ4n) is 1.12. The first-order valence-electron chi connectivity index (χ1n) is 4.20. The average molecular weight is 175 g/mol. The third-order valence-corrected chi connectivity index (χ3v) is 1.74. The predicted octanol–water partition coefficient (Wildman–Crippen LogP) is 2.11. The van der Waals surface area contributed by atoms with E-state index in [1.807, 2.05) is 25.1 Å². The van der Waals surface area contributed by atoms with E-state index in [1.54, 1.807) is 7.11 Å². The molecule has 0 bridgehead atoms. The van der Waals surface area contributed by atoms with Gasteiger partial charge in [-0.1, -0.05) is 5.92 Å². The summed E-state index contributed by atoms with van der Waals surface area (Å²) >= 11 is 0. The Morgan fingerprint density at radius 3 is 2.85 bits per heavy atom. The zero-order chi connectivity index (χ0) is 9.68. The number of anilines is 1. The lowest BCUT2D eigenvalue weighted by Crippen LogP contribution is -1.97. The van der Waals surface area contributed by atoms with E-state index in [-0.39, 0.29) is 0 Å². The van der Waals surface area contributed by atoms with Crippen molar-refractivity contribution in [3.63, 3.8) is 0 Å². The van der Waals surface area contributed by atoms with E-state index in [4.69, 9.17) is 11.2 Å². The van der Waals surface area contributed by atoms with Crippen molar-refractivity contribution < 1.29 is 4.74 Å². The second kappa shape index (κ2) is 4.42. The molecule has 1 rings (SSSR count). The van der Waals surface area contributed by atoms with Crippen molar-refractivity contribution in [1.82, 2.24) is 0 Å². The molecular formula is C11H13NO. The highest BCUT2D eigenvalue weighted by molar-refractivity contribution is 5.56. The predicted molar refractivity (Wildman–Crippen MR) is 55.1 cm³/mol. The van der Waals surface area contributed by atoms with Crippen LogP contribution in [-0.2, 0) is 0 Å². The smallest absolute Gasteiger partial charge is 0.136 e. The van der Waals surface area contributed by atoms with Crippen LogP contribution < -0.4 is 10.1 Å². The first-order valence-corrected chi connectivity index (χ1v) is 4.20. The van der Waals surface area contributed by atoms with E-state index in [0.717, 1.165) is 23.5 Å². The molecule has 0 heterocycles. The molecule has 0 atom stereocenters. The second-order valence-corrected chi connectivity index (χ2v) is 2.59. The van der Waals surface area contributed by atoms with Crippen molar-refractivity contribution in [3.05, 3.63) is 23.8 Å². The molecule has 2 heteroatoms. The first kappa shape index (κ1) is 9.47. The second-order valence-electron chi connectivity index (χ2n) is 2.59. The highest BCUT2D eigenvalue weighted by atomic mass is 16.5. The number of rotatable bonds is 3. The summed E-state index contributed by atoms with van der Waals surface area (Å²) in [6.45, 7) is 2.93. The Labute approximate surface area is 78.9 Å². The third-order valence-electron chi connectivity index (χ3n) is 1.74. The van der Waals surface area contributed by atoms with Crippen LogP contribution in [0.2, 0.25) is 0 Å². The largest absolute Gasteiger partial charge is 0.495 e. The van der Waals surface area contributed by atoms with Crippen molar-refractivity contribution in [3.8, 4) is 18.1 Å². The summed E-state index contributed by atoms with van der Waals surface area (Å²) in [5.74, 6) is 3.30. The van der Waals surface area contributed by atoms with Gasteiger partial charge < -0.3 is 10.1 Å². The van der Waals surface area contributed by atoms with Crippen LogP contribution in [0, 0.1) is 12.3 Å². The summed E-state index contributed by atoms with van der Waals surface area (Å²) in [6.07, 6.45) is 5.30. The van der Waals surface area contributed by atoms with Gasteiger partial charge in [-0.05, 0) is 19.1 Å². The van der Waals surface area contributed by atoms with Gasteiger partial charge in [0.05, 0.1) is 12.7 Å².